The average Bonchev–Trinajstić information content (AvgIpc) is 3.23. The van der Waals surface area contributed by atoms with E-state index in [4.69, 9.17) is 0 Å². The van der Waals surface area contributed by atoms with Crippen molar-refractivity contribution < 1.29 is 0 Å². The third-order valence-corrected chi connectivity index (χ3v) is 17.7. The minimum Gasteiger partial charge on any atom is -0.117 e. The summed E-state index contributed by atoms with van der Waals surface area (Å²) in [4.78, 5) is 0. The van der Waals surface area contributed by atoms with E-state index < -0.39 is 0 Å². The maximum Gasteiger partial charge on any atom is 0.0718 e. The normalized spacial score (nSPS) is 28.6. The summed E-state index contributed by atoms with van der Waals surface area (Å²) in [6, 6.07) is 0. The van der Waals surface area contributed by atoms with Crippen LogP contribution in [0.5, 0.6) is 0 Å². The molecule has 0 aromatic carbocycles. The van der Waals surface area contributed by atoms with Gasteiger partial charge in [0.25, 0.3) is 0 Å². The van der Waals surface area contributed by atoms with Crippen LogP contribution in [0.25, 0.3) is 0 Å². The Morgan fingerprint density at radius 2 is 0.762 bits per heavy atom. The maximum absolute atomic E-state index is 2.04. The quantitative estimate of drug-likeness (QED) is 0.350. The fraction of sp³-hybridized carbons (Fsp3) is 0.273. The average molecular weight is 459 g/mol. The van der Waals surface area contributed by atoms with Gasteiger partial charge in [0.2, 0.25) is 0 Å². The van der Waals surface area contributed by atoms with Gasteiger partial charge in [0, 0.05) is 16.6 Å². The van der Waals surface area contributed by atoms with E-state index in [9.17, 15) is 0 Å². The summed E-state index contributed by atoms with van der Waals surface area (Å²) in [5, 5.41) is 1.21. The molecular formula is C11H6S10. The fourth-order valence-corrected chi connectivity index (χ4v) is 17.8. The first-order chi connectivity index (χ1) is 10.4. The van der Waals surface area contributed by atoms with E-state index in [0.29, 0.717) is 0 Å². The van der Waals surface area contributed by atoms with E-state index >= 15 is 0 Å². The SMILES string of the molecule is C1CSC(=C2SC3=C(S2)SC(=C2SC4=C(SCS4)S2)S3)S1. The molecule has 110 valence electrons. The zero-order chi connectivity index (χ0) is 13.8. The molecule has 0 bridgehead atoms. The van der Waals surface area contributed by atoms with Gasteiger partial charge in [0.05, 0.1) is 33.9 Å². The van der Waals surface area contributed by atoms with Crippen LogP contribution >= 0.6 is 118 Å². The molecule has 10 heteroatoms. The summed E-state index contributed by atoms with van der Waals surface area (Å²) < 4.78 is 12.3. The van der Waals surface area contributed by atoms with Gasteiger partial charge in [-0.05, 0) is 0 Å². The monoisotopic (exact) mass is 458 g/mol. The van der Waals surface area contributed by atoms with Crippen LogP contribution in [0.2, 0.25) is 0 Å². The lowest BCUT2D eigenvalue weighted by molar-refractivity contribution is 1.59. The highest BCUT2D eigenvalue weighted by Crippen LogP contribution is 2.72. The highest BCUT2D eigenvalue weighted by Gasteiger charge is 2.36. The molecule has 5 aliphatic rings. The summed E-state index contributed by atoms with van der Waals surface area (Å²) in [5.74, 6) is 2.56. The van der Waals surface area contributed by atoms with E-state index in [2.05, 4.69) is 0 Å². The minimum absolute atomic E-state index is 1.21. The molecule has 0 unspecified atom stereocenters. The number of rotatable bonds is 0. The van der Waals surface area contributed by atoms with Gasteiger partial charge in [0.1, 0.15) is 0 Å². The molecule has 0 radical (unpaired) electrons. The first-order valence-corrected chi connectivity index (χ1v) is 14.8. The zero-order valence-corrected chi connectivity index (χ0v) is 18.4. The van der Waals surface area contributed by atoms with E-state index in [1.54, 1.807) is 12.7 Å². The fourth-order valence-electron chi connectivity index (χ4n) is 1.85. The van der Waals surface area contributed by atoms with Crippen molar-refractivity contribution in [2.75, 3.05) is 16.6 Å². The molecule has 5 rings (SSSR count). The maximum atomic E-state index is 2.04. The van der Waals surface area contributed by atoms with Crippen LogP contribution in [0.15, 0.2) is 33.9 Å². The molecule has 0 aromatic rings. The number of hydrogen-bond acceptors (Lipinski definition) is 10. The second kappa shape index (κ2) is 6.64. The second-order valence-corrected chi connectivity index (χ2v) is 16.8. The van der Waals surface area contributed by atoms with Crippen molar-refractivity contribution >= 4 is 118 Å². The molecule has 0 spiro atoms. The van der Waals surface area contributed by atoms with Crippen LogP contribution in [0, 0.1) is 0 Å². The summed E-state index contributed by atoms with van der Waals surface area (Å²) in [5.41, 5.74) is 0. The van der Waals surface area contributed by atoms with Gasteiger partial charge < -0.3 is 0 Å². The van der Waals surface area contributed by atoms with Gasteiger partial charge in [-0.3, -0.25) is 0 Å². The van der Waals surface area contributed by atoms with Gasteiger partial charge in [0.15, 0.2) is 0 Å². The van der Waals surface area contributed by atoms with Gasteiger partial charge in [-0.15, -0.1) is 47.0 Å². The number of hydrogen-bond donors (Lipinski definition) is 0. The zero-order valence-electron chi connectivity index (χ0n) is 10.2. The molecule has 0 amide bonds. The Kier molecular flexibility index (Phi) is 4.96. The van der Waals surface area contributed by atoms with E-state index in [0.717, 1.165) is 0 Å². The van der Waals surface area contributed by atoms with Crippen LogP contribution in [0.3, 0.4) is 0 Å². The van der Waals surface area contributed by atoms with Gasteiger partial charge in [-0.2, -0.15) is 0 Å². The molecule has 21 heavy (non-hydrogen) atoms. The van der Waals surface area contributed by atoms with Crippen molar-refractivity contribution in [2.45, 2.75) is 0 Å². The second-order valence-electron chi connectivity index (χ2n) is 4.02. The smallest absolute Gasteiger partial charge is 0.0718 e. The van der Waals surface area contributed by atoms with Crippen LogP contribution in [0.1, 0.15) is 0 Å². The van der Waals surface area contributed by atoms with Crippen molar-refractivity contribution in [1.82, 2.24) is 0 Å². The Bertz CT molecular complexity index is 606. The minimum atomic E-state index is 1.21. The standard InChI is InChI=1S/C11H6S10/c1-2-13-4(12-1)7-18-10-11(19-7)21-9(20-10)8-16-5-6(17-8)15-3-14-5/h1-3H2. The lowest BCUT2D eigenvalue weighted by Gasteiger charge is -2.07. The van der Waals surface area contributed by atoms with Crippen LogP contribution in [-0.4, -0.2) is 16.6 Å². The molecule has 0 nitrogen and oxygen atoms in total. The highest BCUT2D eigenvalue weighted by molar-refractivity contribution is 8.51. The van der Waals surface area contributed by atoms with Crippen molar-refractivity contribution in [2.24, 2.45) is 0 Å². The molecule has 5 aliphatic heterocycles. The first-order valence-electron chi connectivity index (χ1n) is 5.92. The Labute approximate surface area is 166 Å². The molecule has 0 N–H and O–H groups in total. The van der Waals surface area contributed by atoms with Gasteiger partial charge in [-0.25, -0.2) is 0 Å². The molecule has 5 heterocycles. The van der Waals surface area contributed by atoms with E-state index in [1.807, 2.05) is 118 Å². The first kappa shape index (κ1) is 15.7. The van der Waals surface area contributed by atoms with Crippen molar-refractivity contribution in [3.8, 4) is 0 Å². The Morgan fingerprint density at radius 3 is 1.24 bits per heavy atom. The molecule has 0 atom stereocenters. The molecule has 0 aromatic heterocycles. The number of thioether (sulfide) groups is 10. The van der Waals surface area contributed by atoms with Crippen molar-refractivity contribution in [1.29, 1.82) is 0 Å². The van der Waals surface area contributed by atoms with E-state index in [1.165, 1.54) is 37.8 Å². The topological polar surface area (TPSA) is 0 Å². The Balaban J connectivity index is 1.32. The van der Waals surface area contributed by atoms with Gasteiger partial charge in [-0.1, -0.05) is 70.6 Å². The Morgan fingerprint density at radius 1 is 0.381 bits per heavy atom. The van der Waals surface area contributed by atoms with Crippen LogP contribution in [0.4, 0.5) is 0 Å². The predicted molar refractivity (Wildman–Crippen MR) is 119 cm³/mol. The largest absolute Gasteiger partial charge is 0.117 e. The molecule has 1 fully saturated rings. The van der Waals surface area contributed by atoms with E-state index in [-0.39, 0.29) is 0 Å². The lowest BCUT2D eigenvalue weighted by atomic mass is 11.0. The third kappa shape index (κ3) is 3.06. The predicted octanol–water partition coefficient (Wildman–Crippen LogP) is 7.85. The van der Waals surface area contributed by atoms with Crippen molar-refractivity contribution in [3.63, 3.8) is 0 Å². The van der Waals surface area contributed by atoms with Gasteiger partial charge >= 0.3 is 0 Å². The summed E-state index contributed by atoms with van der Waals surface area (Å²) in [6.07, 6.45) is 0. The molecule has 0 saturated carbocycles. The highest BCUT2D eigenvalue weighted by atomic mass is 32.3. The molecule has 1 saturated heterocycles. The molecular weight excluding hydrogens is 453 g/mol. The third-order valence-electron chi connectivity index (χ3n) is 2.71. The Hall–Kier alpha value is 2.46. The lowest BCUT2D eigenvalue weighted by Crippen LogP contribution is -1.72. The summed E-state index contributed by atoms with van der Waals surface area (Å²) >= 11 is 20.1. The molecule has 0 aliphatic carbocycles. The van der Waals surface area contributed by atoms with Crippen molar-refractivity contribution in [3.05, 3.63) is 33.9 Å². The summed E-state index contributed by atoms with van der Waals surface area (Å²) in [6.45, 7) is 0. The van der Waals surface area contributed by atoms with Crippen LogP contribution in [-0.2, 0) is 0 Å². The summed E-state index contributed by atoms with van der Waals surface area (Å²) in [7, 11) is 0. The van der Waals surface area contributed by atoms with Crippen LogP contribution < -0.4 is 0 Å².